The van der Waals surface area contributed by atoms with Crippen LogP contribution in [-0.4, -0.2) is 44.3 Å². The third-order valence-corrected chi connectivity index (χ3v) is 7.68. The highest BCUT2D eigenvalue weighted by Crippen LogP contribution is 2.34. The summed E-state index contributed by atoms with van der Waals surface area (Å²) < 4.78 is 42.6. The van der Waals surface area contributed by atoms with Crippen molar-refractivity contribution in [2.24, 2.45) is 10.2 Å². The van der Waals surface area contributed by atoms with Gasteiger partial charge >= 0.3 is 6.36 Å². The van der Waals surface area contributed by atoms with E-state index in [9.17, 15) is 13.2 Å². The van der Waals surface area contributed by atoms with Crippen LogP contribution in [0.15, 0.2) is 83.3 Å². The minimum Gasteiger partial charge on any atom is -0.406 e. The second kappa shape index (κ2) is 12.2. The van der Waals surface area contributed by atoms with Gasteiger partial charge in [0, 0.05) is 23.0 Å². The Labute approximate surface area is 240 Å². The molecule has 1 unspecified atom stereocenters. The molecule has 5 rings (SSSR count). The van der Waals surface area contributed by atoms with Crippen molar-refractivity contribution in [2.45, 2.75) is 46.0 Å². The molecule has 41 heavy (non-hydrogen) atoms. The van der Waals surface area contributed by atoms with Gasteiger partial charge in [0.25, 0.3) is 0 Å². The summed E-state index contributed by atoms with van der Waals surface area (Å²) in [6.07, 6.45) is 0.523. The molecule has 1 aliphatic heterocycles. The molecule has 4 aromatic rings. The molecule has 1 atom stereocenters. The van der Waals surface area contributed by atoms with E-state index in [4.69, 9.17) is 0 Å². The summed E-state index contributed by atoms with van der Waals surface area (Å²) in [5.74, 6) is 1.19. The van der Waals surface area contributed by atoms with Gasteiger partial charge in [-0.1, -0.05) is 61.2 Å². The Bertz CT molecular complexity index is 1550. The summed E-state index contributed by atoms with van der Waals surface area (Å²) >= 11 is 1.72. The molecule has 2 heterocycles. The van der Waals surface area contributed by atoms with Gasteiger partial charge in [-0.2, -0.15) is 5.10 Å². The molecule has 0 aliphatic carbocycles. The highest BCUT2D eigenvalue weighted by atomic mass is 32.2. The number of benzene rings is 3. The predicted octanol–water partition coefficient (Wildman–Crippen LogP) is 7.43. The van der Waals surface area contributed by atoms with Crippen LogP contribution in [0.5, 0.6) is 5.75 Å². The SMILES string of the molecule is CCc1cccc(C)c1N1/C(=N/N=C/c2ccc(-c3ncn(-c4ccc(OC(F)(F)F)cc4)n3)cc2)SCCC1C. The summed E-state index contributed by atoms with van der Waals surface area (Å²) in [5, 5.41) is 14.4. The maximum absolute atomic E-state index is 12.4. The average Bonchev–Trinajstić information content (AvgIpc) is 3.44. The van der Waals surface area contributed by atoms with Crippen molar-refractivity contribution >= 4 is 28.8 Å². The first kappa shape index (κ1) is 28.4. The molecule has 3 aromatic carbocycles. The number of amidine groups is 1. The van der Waals surface area contributed by atoms with Gasteiger partial charge in [-0.25, -0.2) is 9.67 Å². The van der Waals surface area contributed by atoms with Crippen LogP contribution in [0.1, 0.15) is 37.0 Å². The number of aryl methyl sites for hydroxylation is 2. The molecule has 0 amide bonds. The van der Waals surface area contributed by atoms with Gasteiger partial charge in [0.15, 0.2) is 11.0 Å². The third-order valence-electron chi connectivity index (χ3n) is 6.70. The van der Waals surface area contributed by atoms with E-state index in [0.29, 0.717) is 17.6 Å². The molecule has 7 nitrogen and oxygen atoms in total. The lowest BCUT2D eigenvalue weighted by Gasteiger charge is -2.37. The van der Waals surface area contributed by atoms with Crippen LogP contribution in [0.4, 0.5) is 18.9 Å². The molecular weight excluding hydrogens is 549 g/mol. The number of hydrogen-bond donors (Lipinski definition) is 0. The molecule has 1 aromatic heterocycles. The lowest BCUT2D eigenvalue weighted by atomic mass is 10.0. The summed E-state index contributed by atoms with van der Waals surface area (Å²) in [4.78, 5) is 6.66. The van der Waals surface area contributed by atoms with Crippen molar-refractivity contribution in [1.82, 2.24) is 14.8 Å². The number of halogens is 3. The minimum absolute atomic E-state index is 0.297. The van der Waals surface area contributed by atoms with E-state index in [1.165, 1.54) is 52.1 Å². The zero-order valence-corrected chi connectivity index (χ0v) is 23.7. The van der Waals surface area contributed by atoms with Gasteiger partial charge in [0.05, 0.1) is 11.9 Å². The molecule has 0 bridgehead atoms. The molecule has 1 aliphatic rings. The summed E-state index contributed by atoms with van der Waals surface area (Å²) in [6, 6.07) is 19.8. The van der Waals surface area contributed by atoms with Crippen LogP contribution < -0.4 is 9.64 Å². The van der Waals surface area contributed by atoms with E-state index in [0.717, 1.165) is 34.9 Å². The first-order valence-corrected chi connectivity index (χ1v) is 14.2. The Kier molecular flexibility index (Phi) is 8.44. The summed E-state index contributed by atoms with van der Waals surface area (Å²) in [7, 11) is 0. The van der Waals surface area contributed by atoms with Gasteiger partial charge in [0.1, 0.15) is 12.1 Å². The molecule has 0 N–H and O–H groups in total. The average molecular weight is 579 g/mol. The molecule has 0 saturated carbocycles. The number of alkyl halides is 3. The van der Waals surface area contributed by atoms with Crippen LogP contribution in [-0.2, 0) is 6.42 Å². The number of nitrogens with zero attached hydrogens (tertiary/aromatic N) is 6. The van der Waals surface area contributed by atoms with Crippen molar-refractivity contribution in [2.75, 3.05) is 10.7 Å². The lowest BCUT2D eigenvalue weighted by Crippen LogP contribution is -2.42. The van der Waals surface area contributed by atoms with Gasteiger partial charge < -0.3 is 9.64 Å². The smallest absolute Gasteiger partial charge is 0.406 e. The normalized spacial score (nSPS) is 17.0. The molecular formula is C30H29F3N6OS. The fraction of sp³-hybridized carbons (Fsp3) is 0.267. The van der Waals surface area contributed by atoms with E-state index in [1.807, 2.05) is 24.3 Å². The minimum atomic E-state index is -4.74. The Morgan fingerprint density at radius 3 is 2.54 bits per heavy atom. The predicted molar refractivity (Wildman–Crippen MR) is 158 cm³/mol. The van der Waals surface area contributed by atoms with Gasteiger partial charge in [-0.15, -0.1) is 23.4 Å². The zero-order valence-electron chi connectivity index (χ0n) is 22.8. The Morgan fingerprint density at radius 2 is 1.83 bits per heavy atom. The number of hydrogen-bond acceptors (Lipinski definition) is 6. The standard InChI is InChI=1S/C30H29F3N6OS/c1-4-23-7-5-6-20(2)27(23)39-21(3)16-17-41-29(39)36-35-18-22-8-10-24(11-9-22)28-34-19-38(37-28)25-12-14-26(15-13-25)40-30(31,32)33/h5-15,18-19,21H,4,16-17H2,1-3H3/b35-18+,36-29-. The highest BCUT2D eigenvalue weighted by Gasteiger charge is 2.31. The van der Waals surface area contributed by atoms with Crippen molar-refractivity contribution in [3.8, 4) is 22.8 Å². The topological polar surface area (TPSA) is 67.9 Å². The van der Waals surface area contributed by atoms with E-state index < -0.39 is 6.36 Å². The van der Waals surface area contributed by atoms with Gasteiger partial charge in [-0.3, -0.25) is 0 Å². The summed E-state index contributed by atoms with van der Waals surface area (Å²) in [6.45, 7) is 6.55. The maximum Gasteiger partial charge on any atom is 0.573 e. The number of para-hydroxylation sites is 1. The van der Waals surface area contributed by atoms with Crippen LogP contribution in [0.2, 0.25) is 0 Å². The number of thioether (sulfide) groups is 1. The number of anilines is 1. The van der Waals surface area contributed by atoms with Gasteiger partial charge in [-0.05, 0) is 67.6 Å². The first-order chi connectivity index (χ1) is 19.7. The molecule has 11 heteroatoms. The van der Waals surface area contributed by atoms with E-state index in [2.05, 4.69) is 68.9 Å². The largest absolute Gasteiger partial charge is 0.573 e. The lowest BCUT2D eigenvalue weighted by molar-refractivity contribution is -0.274. The van der Waals surface area contributed by atoms with Crippen LogP contribution in [0.25, 0.3) is 17.1 Å². The Morgan fingerprint density at radius 1 is 1.07 bits per heavy atom. The van der Waals surface area contributed by atoms with Crippen molar-refractivity contribution < 1.29 is 17.9 Å². The van der Waals surface area contributed by atoms with Crippen LogP contribution in [0, 0.1) is 6.92 Å². The van der Waals surface area contributed by atoms with Crippen LogP contribution >= 0.6 is 11.8 Å². The molecule has 0 radical (unpaired) electrons. The highest BCUT2D eigenvalue weighted by molar-refractivity contribution is 8.14. The molecule has 1 saturated heterocycles. The maximum atomic E-state index is 12.4. The quantitative estimate of drug-likeness (QED) is 0.169. The van der Waals surface area contributed by atoms with Crippen molar-refractivity contribution in [1.29, 1.82) is 0 Å². The van der Waals surface area contributed by atoms with E-state index in [-0.39, 0.29) is 5.75 Å². The zero-order chi connectivity index (χ0) is 29.0. The summed E-state index contributed by atoms with van der Waals surface area (Å²) in [5.41, 5.74) is 5.99. The Hall–Kier alpha value is -4.12. The number of ether oxygens (including phenoxy) is 1. The van der Waals surface area contributed by atoms with Crippen molar-refractivity contribution in [3.63, 3.8) is 0 Å². The number of aromatic nitrogens is 3. The number of rotatable bonds is 7. The molecule has 1 fully saturated rings. The molecule has 0 spiro atoms. The fourth-order valence-electron chi connectivity index (χ4n) is 4.63. The second-order valence-electron chi connectivity index (χ2n) is 9.60. The van der Waals surface area contributed by atoms with Crippen molar-refractivity contribution in [3.05, 3.63) is 89.7 Å². The fourth-order valence-corrected chi connectivity index (χ4v) is 5.79. The van der Waals surface area contributed by atoms with Gasteiger partial charge in [0.2, 0.25) is 0 Å². The first-order valence-electron chi connectivity index (χ1n) is 13.2. The molecule has 212 valence electrons. The van der Waals surface area contributed by atoms with E-state index in [1.54, 1.807) is 18.0 Å². The Balaban J connectivity index is 1.29. The van der Waals surface area contributed by atoms with E-state index >= 15 is 0 Å². The monoisotopic (exact) mass is 578 g/mol. The second-order valence-corrected chi connectivity index (χ2v) is 10.7. The third kappa shape index (κ3) is 6.79. The van der Waals surface area contributed by atoms with Crippen LogP contribution in [0.3, 0.4) is 0 Å².